The smallest absolute Gasteiger partial charge is 0.168 e. The first-order valence-electron chi connectivity index (χ1n) is 9.51. The Morgan fingerprint density at radius 2 is 1.78 bits per heavy atom. The molecule has 27 heavy (non-hydrogen) atoms. The Bertz CT molecular complexity index is 741. The van der Waals surface area contributed by atoms with Gasteiger partial charge in [-0.2, -0.15) is 0 Å². The molecule has 0 radical (unpaired) electrons. The Morgan fingerprint density at radius 3 is 2.48 bits per heavy atom. The van der Waals surface area contributed by atoms with E-state index in [4.69, 9.17) is 9.47 Å². The fourth-order valence-electron chi connectivity index (χ4n) is 3.41. The van der Waals surface area contributed by atoms with E-state index in [9.17, 15) is 9.59 Å². The maximum atomic E-state index is 12.7. The van der Waals surface area contributed by atoms with Gasteiger partial charge in [0.15, 0.2) is 5.78 Å². The summed E-state index contributed by atoms with van der Waals surface area (Å²) in [6.07, 6.45) is 0.798. The molecule has 0 spiro atoms. The molecule has 142 valence electrons. The van der Waals surface area contributed by atoms with Crippen LogP contribution in [-0.4, -0.2) is 30.4 Å². The summed E-state index contributed by atoms with van der Waals surface area (Å²) in [4.78, 5) is 24.9. The monoisotopic (exact) mass is 366 g/mol. The van der Waals surface area contributed by atoms with Crippen molar-refractivity contribution in [2.24, 2.45) is 5.92 Å². The Morgan fingerprint density at radius 1 is 1.11 bits per heavy atom. The topological polar surface area (TPSA) is 52.6 Å². The highest BCUT2D eigenvalue weighted by Crippen LogP contribution is 2.25. The van der Waals surface area contributed by atoms with Gasteiger partial charge in [-0.25, -0.2) is 0 Å². The third-order valence-corrected chi connectivity index (χ3v) is 4.98. The summed E-state index contributed by atoms with van der Waals surface area (Å²) in [6, 6.07) is 19.2. The van der Waals surface area contributed by atoms with Crippen LogP contribution in [0.4, 0.5) is 0 Å². The summed E-state index contributed by atoms with van der Waals surface area (Å²) < 4.78 is 11.9. The number of hydrogen-bond acceptors (Lipinski definition) is 4. The second-order valence-electron chi connectivity index (χ2n) is 7.10. The van der Waals surface area contributed by atoms with Gasteiger partial charge < -0.3 is 9.47 Å². The van der Waals surface area contributed by atoms with Crippen molar-refractivity contribution in [2.45, 2.75) is 45.0 Å². The predicted molar refractivity (Wildman–Crippen MR) is 104 cm³/mol. The van der Waals surface area contributed by atoms with Gasteiger partial charge in [-0.3, -0.25) is 9.59 Å². The van der Waals surface area contributed by atoms with Crippen molar-refractivity contribution in [1.29, 1.82) is 0 Å². The first kappa shape index (κ1) is 19.5. The van der Waals surface area contributed by atoms with Gasteiger partial charge in [-0.05, 0) is 12.0 Å². The zero-order chi connectivity index (χ0) is 19.1. The van der Waals surface area contributed by atoms with Crippen LogP contribution in [-0.2, 0) is 20.9 Å². The van der Waals surface area contributed by atoms with Crippen molar-refractivity contribution in [3.63, 3.8) is 0 Å². The second kappa shape index (κ2) is 9.58. The highest BCUT2D eigenvalue weighted by atomic mass is 16.5. The van der Waals surface area contributed by atoms with Gasteiger partial charge in [-0.1, -0.05) is 67.6 Å². The van der Waals surface area contributed by atoms with Crippen LogP contribution in [0.15, 0.2) is 60.7 Å². The van der Waals surface area contributed by atoms with E-state index in [0.29, 0.717) is 38.0 Å². The highest BCUT2D eigenvalue weighted by Gasteiger charge is 2.32. The number of carbonyl (C=O) groups excluding carboxylic acids is 2. The zero-order valence-electron chi connectivity index (χ0n) is 15.7. The Kier molecular flexibility index (Phi) is 6.91. The molecule has 3 atom stereocenters. The van der Waals surface area contributed by atoms with Crippen molar-refractivity contribution in [1.82, 2.24) is 0 Å². The van der Waals surface area contributed by atoms with Crippen LogP contribution in [0.2, 0.25) is 0 Å². The molecular formula is C23H26O4. The number of ether oxygens (including phenoxy) is 2. The number of carbonyl (C=O) groups is 2. The lowest BCUT2D eigenvalue weighted by Gasteiger charge is -2.25. The maximum absolute atomic E-state index is 12.7. The summed E-state index contributed by atoms with van der Waals surface area (Å²) in [5.41, 5.74) is 1.77. The Hall–Kier alpha value is -2.30. The van der Waals surface area contributed by atoms with E-state index in [1.54, 1.807) is 0 Å². The summed E-state index contributed by atoms with van der Waals surface area (Å²) in [6.45, 7) is 2.72. The number of rotatable bonds is 7. The molecule has 1 aliphatic rings. The fraction of sp³-hybridized carbons (Fsp3) is 0.391. The Labute approximate surface area is 160 Å². The minimum Gasteiger partial charge on any atom is -0.374 e. The Balaban J connectivity index is 1.59. The van der Waals surface area contributed by atoms with Gasteiger partial charge >= 0.3 is 0 Å². The molecule has 1 fully saturated rings. The van der Waals surface area contributed by atoms with Crippen molar-refractivity contribution in [2.75, 3.05) is 6.61 Å². The van der Waals surface area contributed by atoms with Crippen molar-refractivity contribution in [3.05, 3.63) is 71.8 Å². The predicted octanol–water partition coefficient (Wildman–Crippen LogP) is 4.23. The van der Waals surface area contributed by atoms with Crippen LogP contribution in [0.3, 0.4) is 0 Å². The van der Waals surface area contributed by atoms with E-state index < -0.39 is 0 Å². The minimum absolute atomic E-state index is 0.0545. The summed E-state index contributed by atoms with van der Waals surface area (Å²) >= 11 is 0. The van der Waals surface area contributed by atoms with Crippen molar-refractivity contribution >= 4 is 11.6 Å². The van der Waals surface area contributed by atoms with Crippen molar-refractivity contribution in [3.8, 4) is 0 Å². The average Bonchev–Trinajstić information content (AvgIpc) is 2.89. The summed E-state index contributed by atoms with van der Waals surface area (Å²) in [7, 11) is 0. The summed E-state index contributed by atoms with van der Waals surface area (Å²) in [5.74, 6) is -0.0704. The molecule has 0 bridgehead atoms. The van der Waals surface area contributed by atoms with E-state index in [2.05, 4.69) is 0 Å². The molecule has 4 heteroatoms. The van der Waals surface area contributed by atoms with E-state index in [0.717, 1.165) is 5.56 Å². The van der Waals surface area contributed by atoms with Crippen LogP contribution < -0.4 is 0 Å². The molecule has 2 aromatic rings. The molecule has 3 rings (SSSR count). The first-order valence-corrected chi connectivity index (χ1v) is 9.51. The molecule has 1 heterocycles. The number of hydrogen-bond donors (Lipinski definition) is 0. The molecule has 0 saturated carbocycles. The van der Waals surface area contributed by atoms with Crippen LogP contribution in [0, 0.1) is 5.92 Å². The van der Waals surface area contributed by atoms with Gasteiger partial charge in [0.2, 0.25) is 0 Å². The molecule has 1 unspecified atom stereocenters. The molecule has 4 nitrogen and oxygen atoms in total. The summed E-state index contributed by atoms with van der Waals surface area (Å²) in [5, 5.41) is 0. The largest absolute Gasteiger partial charge is 0.374 e. The van der Waals surface area contributed by atoms with E-state index in [1.807, 2.05) is 67.6 Å². The molecule has 1 saturated heterocycles. The SMILES string of the molecule is CC(C(=O)c1ccccc1)[C@@H]1CCC(=O)C[C@@H](COCc2ccccc2)O1. The van der Waals surface area contributed by atoms with Crippen LogP contribution in [0.25, 0.3) is 0 Å². The standard InChI is InChI=1S/C23H26O4/c1-17(23(25)19-10-6-3-7-11-19)22-13-12-20(24)14-21(27-22)16-26-15-18-8-4-2-5-9-18/h2-11,17,21-22H,12-16H2,1H3/t17?,21-,22-/m0/s1. The van der Waals surface area contributed by atoms with Gasteiger partial charge in [-0.15, -0.1) is 0 Å². The molecule has 0 aromatic heterocycles. The molecule has 0 aliphatic carbocycles. The van der Waals surface area contributed by atoms with Gasteiger partial charge in [0.05, 0.1) is 25.4 Å². The second-order valence-corrected chi connectivity index (χ2v) is 7.10. The van der Waals surface area contributed by atoms with E-state index in [-0.39, 0.29) is 29.7 Å². The normalized spacial score (nSPS) is 21.4. The van der Waals surface area contributed by atoms with E-state index in [1.165, 1.54) is 0 Å². The van der Waals surface area contributed by atoms with Gasteiger partial charge in [0, 0.05) is 24.3 Å². The lowest BCUT2D eigenvalue weighted by Crippen LogP contribution is -2.33. The third kappa shape index (κ3) is 5.59. The highest BCUT2D eigenvalue weighted by molar-refractivity contribution is 5.98. The lowest BCUT2D eigenvalue weighted by atomic mass is 9.91. The first-order chi connectivity index (χ1) is 13.1. The maximum Gasteiger partial charge on any atom is 0.168 e. The number of Topliss-reactive ketones (excluding diaryl/α,β-unsaturated/α-hetero) is 2. The number of benzene rings is 2. The molecule has 0 amide bonds. The average molecular weight is 366 g/mol. The lowest BCUT2D eigenvalue weighted by molar-refractivity contribution is -0.121. The fourth-order valence-corrected chi connectivity index (χ4v) is 3.41. The van der Waals surface area contributed by atoms with Crippen LogP contribution >= 0.6 is 0 Å². The van der Waals surface area contributed by atoms with E-state index >= 15 is 0 Å². The molecule has 1 aliphatic heterocycles. The minimum atomic E-state index is -0.306. The van der Waals surface area contributed by atoms with Crippen LogP contribution in [0.1, 0.15) is 42.1 Å². The molecule has 2 aromatic carbocycles. The quantitative estimate of drug-likeness (QED) is 0.688. The number of ketones is 2. The van der Waals surface area contributed by atoms with Gasteiger partial charge in [0.1, 0.15) is 5.78 Å². The third-order valence-electron chi connectivity index (χ3n) is 4.98. The zero-order valence-corrected chi connectivity index (χ0v) is 15.7. The van der Waals surface area contributed by atoms with Crippen LogP contribution in [0.5, 0.6) is 0 Å². The molecule has 0 N–H and O–H groups in total. The van der Waals surface area contributed by atoms with Crippen molar-refractivity contribution < 1.29 is 19.1 Å². The molecular weight excluding hydrogens is 340 g/mol. The van der Waals surface area contributed by atoms with Gasteiger partial charge in [0.25, 0.3) is 0 Å².